The molecule has 0 spiro atoms. The zero-order valence-electron chi connectivity index (χ0n) is 16.0. The second-order valence-electron chi connectivity index (χ2n) is 6.71. The summed E-state index contributed by atoms with van der Waals surface area (Å²) < 4.78 is 6.67. The summed E-state index contributed by atoms with van der Waals surface area (Å²) in [4.78, 5) is 25.2. The second kappa shape index (κ2) is 8.93. The van der Waals surface area contributed by atoms with Crippen molar-refractivity contribution in [2.24, 2.45) is 0 Å². The van der Waals surface area contributed by atoms with Crippen LogP contribution < -0.4 is 9.64 Å². The van der Waals surface area contributed by atoms with Crippen LogP contribution in [0, 0.1) is 11.3 Å². The van der Waals surface area contributed by atoms with Crippen LogP contribution in [0.15, 0.2) is 65.4 Å². The minimum atomic E-state index is -0.0705. The molecule has 0 N–H and O–H groups in total. The maximum Gasteiger partial charge on any atom is 0.255 e. The number of piperazine rings is 1. The van der Waals surface area contributed by atoms with Crippen molar-refractivity contribution in [1.29, 1.82) is 5.26 Å². The Labute approximate surface area is 182 Å². The predicted octanol–water partition coefficient (Wildman–Crippen LogP) is 3.87. The van der Waals surface area contributed by atoms with Crippen LogP contribution >= 0.6 is 15.9 Å². The summed E-state index contributed by atoms with van der Waals surface area (Å²) in [5.41, 5.74) is 1.06. The van der Waals surface area contributed by atoms with E-state index in [0.29, 0.717) is 54.8 Å². The maximum atomic E-state index is 12.8. The van der Waals surface area contributed by atoms with Gasteiger partial charge in [-0.25, -0.2) is 9.97 Å². The van der Waals surface area contributed by atoms with Gasteiger partial charge in [0.15, 0.2) is 0 Å². The van der Waals surface area contributed by atoms with Gasteiger partial charge in [0.05, 0.1) is 11.1 Å². The molecule has 0 bridgehead atoms. The first-order valence-corrected chi connectivity index (χ1v) is 10.2. The summed E-state index contributed by atoms with van der Waals surface area (Å²) in [7, 11) is 0. The highest BCUT2D eigenvalue weighted by Crippen LogP contribution is 2.23. The number of carbonyl (C=O) groups excluding carboxylic acids is 1. The first-order valence-electron chi connectivity index (χ1n) is 9.43. The third kappa shape index (κ3) is 4.42. The quantitative estimate of drug-likeness (QED) is 0.583. The number of anilines is 1. The minimum absolute atomic E-state index is 0.0705. The number of hydrogen-bond donors (Lipinski definition) is 0. The van der Waals surface area contributed by atoms with Gasteiger partial charge >= 0.3 is 0 Å². The Morgan fingerprint density at radius 3 is 2.47 bits per heavy atom. The Balaban J connectivity index is 1.37. The Morgan fingerprint density at radius 2 is 1.80 bits per heavy atom. The van der Waals surface area contributed by atoms with Crippen molar-refractivity contribution in [1.82, 2.24) is 14.9 Å². The molecule has 1 amide bonds. The van der Waals surface area contributed by atoms with Gasteiger partial charge in [0, 0.05) is 49.1 Å². The molecule has 150 valence electrons. The topological polar surface area (TPSA) is 82.4 Å². The number of rotatable bonds is 4. The van der Waals surface area contributed by atoms with Gasteiger partial charge in [0.25, 0.3) is 5.91 Å². The fraction of sp³-hybridized carbons (Fsp3) is 0.182. The number of nitriles is 1. The van der Waals surface area contributed by atoms with Crippen molar-refractivity contribution in [3.05, 3.63) is 76.5 Å². The number of ether oxygens (including phenoxy) is 1. The molecule has 0 saturated carbocycles. The molecule has 2 aromatic heterocycles. The van der Waals surface area contributed by atoms with Gasteiger partial charge in [-0.15, -0.1) is 0 Å². The molecule has 3 aromatic rings. The summed E-state index contributed by atoms with van der Waals surface area (Å²) in [5.74, 6) is 1.70. The molecule has 1 aliphatic heterocycles. The lowest BCUT2D eigenvalue weighted by atomic mass is 10.2. The molecule has 30 heavy (non-hydrogen) atoms. The van der Waals surface area contributed by atoms with E-state index in [0.717, 1.165) is 4.47 Å². The van der Waals surface area contributed by atoms with E-state index in [1.54, 1.807) is 35.4 Å². The molecule has 4 rings (SSSR count). The fourth-order valence-electron chi connectivity index (χ4n) is 3.23. The largest absolute Gasteiger partial charge is 0.439 e. The predicted molar refractivity (Wildman–Crippen MR) is 116 cm³/mol. The van der Waals surface area contributed by atoms with Crippen LogP contribution in [-0.4, -0.2) is 47.0 Å². The van der Waals surface area contributed by atoms with Crippen LogP contribution in [0.1, 0.15) is 15.9 Å². The van der Waals surface area contributed by atoms with Crippen LogP contribution in [0.2, 0.25) is 0 Å². The molecular formula is C22H18BrN5O2. The average Bonchev–Trinajstić information content (AvgIpc) is 2.81. The zero-order valence-corrected chi connectivity index (χ0v) is 17.6. The van der Waals surface area contributed by atoms with Gasteiger partial charge < -0.3 is 14.5 Å². The average molecular weight is 464 g/mol. The lowest BCUT2D eigenvalue weighted by molar-refractivity contribution is 0.0746. The summed E-state index contributed by atoms with van der Waals surface area (Å²) >= 11 is 3.38. The van der Waals surface area contributed by atoms with E-state index in [-0.39, 0.29) is 5.91 Å². The molecule has 0 atom stereocenters. The molecule has 0 unspecified atom stereocenters. The maximum absolute atomic E-state index is 12.8. The Morgan fingerprint density at radius 1 is 1.03 bits per heavy atom. The third-order valence-electron chi connectivity index (χ3n) is 4.79. The molecule has 7 nitrogen and oxygen atoms in total. The summed E-state index contributed by atoms with van der Waals surface area (Å²) in [6, 6.07) is 16.5. The van der Waals surface area contributed by atoms with Gasteiger partial charge in [-0.05, 0) is 42.5 Å². The Hall–Kier alpha value is -3.44. The molecular weight excluding hydrogens is 446 g/mol. The Bertz CT molecular complexity index is 1070. The highest BCUT2D eigenvalue weighted by molar-refractivity contribution is 9.10. The SMILES string of the molecule is N#Cc1cccnc1N1CCN(C(=O)c2ccc(Oc3ccc(Br)cc3)nc2)CC1. The molecule has 0 aliphatic carbocycles. The van der Waals surface area contributed by atoms with Crippen LogP contribution in [-0.2, 0) is 0 Å². The molecule has 0 radical (unpaired) electrons. The number of aromatic nitrogens is 2. The zero-order chi connectivity index (χ0) is 20.9. The van der Waals surface area contributed by atoms with Crippen molar-refractivity contribution >= 4 is 27.7 Å². The van der Waals surface area contributed by atoms with Crippen molar-refractivity contribution < 1.29 is 9.53 Å². The van der Waals surface area contributed by atoms with E-state index in [4.69, 9.17) is 4.74 Å². The molecule has 8 heteroatoms. The first kappa shape index (κ1) is 19.9. The minimum Gasteiger partial charge on any atom is -0.439 e. The monoisotopic (exact) mass is 463 g/mol. The van der Waals surface area contributed by atoms with Gasteiger partial charge in [-0.3, -0.25) is 4.79 Å². The normalized spacial score (nSPS) is 13.6. The highest BCUT2D eigenvalue weighted by Gasteiger charge is 2.24. The van der Waals surface area contributed by atoms with Gasteiger partial charge in [0.1, 0.15) is 17.6 Å². The molecule has 3 heterocycles. The fourth-order valence-corrected chi connectivity index (χ4v) is 3.50. The standard InChI is InChI=1S/C22H18BrN5O2/c23-18-4-6-19(7-5-18)30-20-8-3-17(15-26-20)22(29)28-12-10-27(11-13-28)21-16(14-24)2-1-9-25-21/h1-9,15H,10-13H2. The molecule has 1 aliphatic rings. The summed E-state index contributed by atoms with van der Waals surface area (Å²) in [6.45, 7) is 2.35. The van der Waals surface area contributed by atoms with E-state index in [2.05, 4.69) is 32.0 Å². The van der Waals surface area contributed by atoms with Crippen LogP contribution in [0.3, 0.4) is 0 Å². The van der Waals surface area contributed by atoms with Crippen LogP contribution in [0.25, 0.3) is 0 Å². The molecule has 1 fully saturated rings. The van der Waals surface area contributed by atoms with Crippen molar-refractivity contribution in [3.63, 3.8) is 0 Å². The van der Waals surface area contributed by atoms with Gasteiger partial charge in [0.2, 0.25) is 5.88 Å². The third-order valence-corrected chi connectivity index (χ3v) is 5.32. The van der Waals surface area contributed by atoms with Crippen LogP contribution in [0.5, 0.6) is 11.6 Å². The van der Waals surface area contributed by atoms with Crippen molar-refractivity contribution in [2.75, 3.05) is 31.1 Å². The number of nitrogens with zero attached hydrogens (tertiary/aromatic N) is 5. The Kier molecular flexibility index (Phi) is 5.91. The van der Waals surface area contributed by atoms with Crippen LogP contribution in [0.4, 0.5) is 5.82 Å². The van der Waals surface area contributed by atoms with Gasteiger partial charge in [-0.2, -0.15) is 5.26 Å². The molecule has 1 saturated heterocycles. The van der Waals surface area contributed by atoms with E-state index in [9.17, 15) is 10.1 Å². The van der Waals surface area contributed by atoms with Gasteiger partial charge in [-0.1, -0.05) is 15.9 Å². The number of carbonyl (C=O) groups is 1. The summed E-state index contributed by atoms with van der Waals surface area (Å²) in [5, 5.41) is 9.27. The number of hydrogen-bond acceptors (Lipinski definition) is 6. The van der Waals surface area contributed by atoms with E-state index in [1.165, 1.54) is 6.20 Å². The lowest BCUT2D eigenvalue weighted by Crippen LogP contribution is -2.49. The first-order chi connectivity index (χ1) is 14.6. The molecule has 1 aromatic carbocycles. The van der Waals surface area contributed by atoms with E-state index >= 15 is 0 Å². The number of amides is 1. The second-order valence-corrected chi connectivity index (χ2v) is 7.62. The number of halogens is 1. The van der Waals surface area contributed by atoms with E-state index < -0.39 is 0 Å². The lowest BCUT2D eigenvalue weighted by Gasteiger charge is -2.35. The number of pyridine rings is 2. The van der Waals surface area contributed by atoms with Crippen molar-refractivity contribution in [3.8, 4) is 17.7 Å². The number of benzene rings is 1. The summed E-state index contributed by atoms with van der Waals surface area (Å²) in [6.07, 6.45) is 3.21. The van der Waals surface area contributed by atoms with Crippen molar-refractivity contribution in [2.45, 2.75) is 0 Å². The van der Waals surface area contributed by atoms with E-state index in [1.807, 2.05) is 29.2 Å². The highest BCUT2D eigenvalue weighted by atomic mass is 79.9. The smallest absolute Gasteiger partial charge is 0.255 e.